The molecule has 0 bridgehead atoms. The van der Waals surface area contributed by atoms with Gasteiger partial charge in [0.15, 0.2) is 11.5 Å². The average molecular weight is 260 g/mol. The van der Waals surface area contributed by atoms with Gasteiger partial charge in [-0.2, -0.15) is 0 Å². The van der Waals surface area contributed by atoms with Crippen LogP contribution in [0.15, 0.2) is 22.6 Å². The van der Waals surface area contributed by atoms with Crippen LogP contribution >= 0.6 is 10.7 Å². The summed E-state index contributed by atoms with van der Waals surface area (Å²) in [6.45, 7) is 1.75. The van der Waals surface area contributed by atoms with Crippen molar-refractivity contribution in [1.29, 1.82) is 0 Å². The molecule has 0 aliphatic rings. The number of fused-ring (bicyclic) bond motifs is 1. The van der Waals surface area contributed by atoms with Gasteiger partial charge in [-0.1, -0.05) is 12.1 Å². The second-order valence-electron chi connectivity index (χ2n) is 3.49. The normalized spacial score (nSPS) is 12.1. The predicted octanol–water partition coefficient (Wildman–Crippen LogP) is 2.25. The molecule has 0 unspecified atom stereocenters. The van der Waals surface area contributed by atoms with E-state index in [4.69, 9.17) is 15.1 Å². The SMILES string of the molecule is Cc1nc2c(CCS(=O)(=O)Cl)cccc2o1. The van der Waals surface area contributed by atoms with E-state index in [-0.39, 0.29) is 5.75 Å². The minimum atomic E-state index is -3.47. The van der Waals surface area contributed by atoms with Crippen LogP contribution in [0.3, 0.4) is 0 Å². The lowest BCUT2D eigenvalue weighted by molar-refractivity contribution is 0.561. The third kappa shape index (κ3) is 2.54. The number of benzene rings is 1. The van der Waals surface area contributed by atoms with Crippen LogP contribution in [-0.4, -0.2) is 19.2 Å². The topological polar surface area (TPSA) is 60.2 Å². The molecular formula is C10H10ClNO3S. The predicted molar refractivity (Wildman–Crippen MR) is 62.1 cm³/mol. The van der Waals surface area contributed by atoms with E-state index in [0.29, 0.717) is 23.4 Å². The summed E-state index contributed by atoms with van der Waals surface area (Å²) in [6.07, 6.45) is 0.342. The first-order valence-corrected chi connectivity index (χ1v) is 7.21. The van der Waals surface area contributed by atoms with E-state index in [0.717, 1.165) is 5.56 Å². The number of hydrogen-bond acceptors (Lipinski definition) is 4. The van der Waals surface area contributed by atoms with Crippen molar-refractivity contribution in [3.8, 4) is 0 Å². The summed E-state index contributed by atoms with van der Waals surface area (Å²) in [7, 11) is 1.70. The zero-order valence-electron chi connectivity index (χ0n) is 8.60. The Morgan fingerprint density at radius 3 is 2.88 bits per heavy atom. The van der Waals surface area contributed by atoms with Gasteiger partial charge >= 0.3 is 0 Å². The maximum absolute atomic E-state index is 10.9. The fraction of sp³-hybridized carbons (Fsp3) is 0.300. The van der Waals surface area contributed by atoms with E-state index >= 15 is 0 Å². The van der Waals surface area contributed by atoms with Crippen LogP contribution in [0.5, 0.6) is 0 Å². The van der Waals surface area contributed by atoms with Crippen LogP contribution < -0.4 is 0 Å². The number of nitrogens with zero attached hydrogens (tertiary/aromatic N) is 1. The molecule has 1 aromatic carbocycles. The Kier molecular flexibility index (Phi) is 2.90. The van der Waals surface area contributed by atoms with Gasteiger partial charge < -0.3 is 4.42 Å². The van der Waals surface area contributed by atoms with Crippen molar-refractivity contribution in [3.63, 3.8) is 0 Å². The minimum absolute atomic E-state index is 0.0976. The van der Waals surface area contributed by atoms with Crippen LogP contribution in [-0.2, 0) is 15.5 Å². The Balaban J connectivity index is 2.37. The number of hydrogen-bond donors (Lipinski definition) is 0. The van der Waals surface area contributed by atoms with Crippen molar-refractivity contribution < 1.29 is 12.8 Å². The van der Waals surface area contributed by atoms with Gasteiger partial charge in [-0.05, 0) is 18.1 Å². The van der Waals surface area contributed by atoms with Crippen molar-refractivity contribution in [2.24, 2.45) is 0 Å². The van der Waals surface area contributed by atoms with Crippen molar-refractivity contribution in [1.82, 2.24) is 4.98 Å². The standard InChI is InChI=1S/C10H10ClNO3S/c1-7-12-10-8(5-6-16(11,13)14)3-2-4-9(10)15-7/h2-4H,5-6H2,1H3. The maximum atomic E-state index is 10.9. The molecule has 86 valence electrons. The lowest BCUT2D eigenvalue weighted by atomic mass is 10.1. The molecule has 2 aromatic rings. The van der Waals surface area contributed by atoms with Crippen LogP contribution in [0.25, 0.3) is 11.1 Å². The van der Waals surface area contributed by atoms with Crippen LogP contribution in [0.1, 0.15) is 11.5 Å². The van der Waals surface area contributed by atoms with Crippen molar-refractivity contribution in [2.75, 3.05) is 5.75 Å². The third-order valence-electron chi connectivity index (χ3n) is 2.22. The zero-order chi connectivity index (χ0) is 11.8. The minimum Gasteiger partial charge on any atom is -0.441 e. The number of rotatable bonds is 3. The van der Waals surface area contributed by atoms with E-state index in [1.54, 1.807) is 13.0 Å². The molecule has 0 fully saturated rings. The molecule has 0 saturated heterocycles. The Labute approximate surface area is 97.7 Å². The molecule has 0 radical (unpaired) electrons. The van der Waals surface area contributed by atoms with Crippen molar-refractivity contribution in [2.45, 2.75) is 13.3 Å². The highest BCUT2D eigenvalue weighted by atomic mass is 35.7. The molecule has 0 aliphatic carbocycles. The number of aryl methyl sites for hydroxylation is 2. The zero-order valence-corrected chi connectivity index (χ0v) is 10.2. The summed E-state index contributed by atoms with van der Waals surface area (Å²) in [6, 6.07) is 5.43. The quantitative estimate of drug-likeness (QED) is 0.793. The van der Waals surface area contributed by atoms with E-state index in [2.05, 4.69) is 4.98 Å². The second-order valence-corrected chi connectivity index (χ2v) is 6.39. The maximum Gasteiger partial charge on any atom is 0.232 e. The first-order chi connectivity index (χ1) is 7.46. The molecule has 1 aromatic heterocycles. The largest absolute Gasteiger partial charge is 0.441 e. The van der Waals surface area contributed by atoms with Crippen LogP contribution in [0, 0.1) is 6.92 Å². The fourth-order valence-electron chi connectivity index (χ4n) is 1.55. The molecule has 1 heterocycles. The first-order valence-electron chi connectivity index (χ1n) is 4.73. The third-order valence-corrected chi connectivity index (χ3v) is 3.38. The molecule has 4 nitrogen and oxygen atoms in total. The van der Waals surface area contributed by atoms with Gasteiger partial charge in [-0.15, -0.1) is 0 Å². The number of halogens is 1. The summed E-state index contributed by atoms with van der Waals surface area (Å²) < 4.78 is 27.1. The van der Waals surface area contributed by atoms with Gasteiger partial charge in [0.05, 0.1) is 5.75 Å². The van der Waals surface area contributed by atoms with Crippen molar-refractivity contribution >= 4 is 30.8 Å². The van der Waals surface area contributed by atoms with Gasteiger partial charge in [-0.25, -0.2) is 13.4 Å². The highest BCUT2D eigenvalue weighted by Crippen LogP contribution is 2.20. The second kappa shape index (κ2) is 4.07. The molecule has 0 amide bonds. The number of para-hydroxylation sites is 1. The smallest absolute Gasteiger partial charge is 0.232 e. The lowest BCUT2D eigenvalue weighted by Crippen LogP contribution is -2.01. The summed E-state index contributed by atoms with van der Waals surface area (Å²) in [5, 5.41) is 0. The molecule has 6 heteroatoms. The highest BCUT2D eigenvalue weighted by Gasteiger charge is 2.11. The van der Waals surface area contributed by atoms with Gasteiger partial charge in [0.1, 0.15) is 5.52 Å². The Morgan fingerprint density at radius 2 is 2.19 bits per heavy atom. The van der Waals surface area contributed by atoms with Gasteiger partial charge in [0, 0.05) is 17.6 Å². The summed E-state index contributed by atoms with van der Waals surface area (Å²) in [4.78, 5) is 4.21. The van der Waals surface area contributed by atoms with E-state index in [9.17, 15) is 8.42 Å². The van der Waals surface area contributed by atoms with Crippen LogP contribution in [0.2, 0.25) is 0 Å². The summed E-state index contributed by atoms with van der Waals surface area (Å²) in [5.74, 6) is 0.468. The Morgan fingerprint density at radius 1 is 1.44 bits per heavy atom. The molecule has 2 rings (SSSR count). The van der Waals surface area contributed by atoms with Gasteiger partial charge in [0.25, 0.3) is 0 Å². The highest BCUT2D eigenvalue weighted by molar-refractivity contribution is 8.13. The van der Waals surface area contributed by atoms with Gasteiger partial charge in [0.2, 0.25) is 9.05 Å². The monoisotopic (exact) mass is 259 g/mol. The molecule has 0 saturated carbocycles. The molecule has 0 aliphatic heterocycles. The average Bonchev–Trinajstić information content (AvgIpc) is 2.54. The fourth-order valence-corrected chi connectivity index (χ4v) is 2.25. The molecule has 0 atom stereocenters. The van der Waals surface area contributed by atoms with Crippen molar-refractivity contribution in [3.05, 3.63) is 29.7 Å². The Hall–Kier alpha value is -1.07. The number of aromatic nitrogens is 1. The molecular weight excluding hydrogens is 250 g/mol. The molecule has 0 N–H and O–H groups in total. The van der Waals surface area contributed by atoms with Crippen LogP contribution in [0.4, 0.5) is 0 Å². The summed E-state index contributed by atoms with van der Waals surface area (Å²) in [5.41, 5.74) is 2.21. The summed E-state index contributed by atoms with van der Waals surface area (Å²) >= 11 is 0. The van der Waals surface area contributed by atoms with E-state index < -0.39 is 9.05 Å². The lowest BCUT2D eigenvalue weighted by Gasteiger charge is -1.99. The Bertz CT molecular complexity index is 618. The first kappa shape index (κ1) is 11.4. The van der Waals surface area contributed by atoms with E-state index in [1.165, 1.54) is 0 Å². The van der Waals surface area contributed by atoms with Gasteiger partial charge in [-0.3, -0.25) is 0 Å². The number of oxazole rings is 1. The van der Waals surface area contributed by atoms with E-state index in [1.807, 2.05) is 12.1 Å². The molecule has 16 heavy (non-hydrogen) atoms. The molecule has 0 spiro atoms.